The fourth-order valence-electron chi connectivity index (χ4n) is 4.47. The molecule has 2 fully saturated rings. The third-order valence-electron chi connectivity index (χ3n) is 6.19. The zero-order chi connectivity index (χ0) is 22.1. The molecule has 8 heteroatoms. The minimum atomic E-state index is -3.05. The molecule has 0 aromatic rings. The molecule has 1 saturated carbocycles. The van der Waals surface area contributed by atoms with Gasteiger partial charge in [-0.3, -0.25) is 14.5 Å². The fourth-order valence-corrected chi connectivity index (χ4v) is 4.47. The number of nitrogens with zero attached hydrogens (tertiary/aromatic N) is 1. The van der Waals surface area contributed by atoms with Crippen molar-refractivity contribution in [2.75, 3.05) is 39.5 Å². The molecule has 6 nitrogen and oxygen atoms in total. The number of carbonyl (C=O) groups is 2. The molecule has 0 spiro atoms. The molecule has 1 unspecified atom stereocenters. The molecule has 1 amide bonds. The van der Waals surface area contributed by atoms with Crippen LogP contribution in [0.1, 0.15) is 59.3 Å². The minimum absolute atomic E-state index is 0.0854. The first-order valence-corrected chi connectivity index (χ1v) is 11.4. The number of likely N-dealkylation sites (tertiary alicyclic amines) is 1. The van der Waals surface area contributed by atoms with E-state index in [-0.39, 0.29) is 50.0 Å². The Labute approximate surface area is 179 Å². The van der Waals surface area contributed by atoms with Crippen molar-refractivity contribution in [3.63, 3.8) is 0 Å². The van der Waals surface area contributed by atoms with Crippen molar-refractivity contribution in [2.45, 2.75) is 77.4 Å². The van der Waals surface area contributed by atoms with Crippen molar-refractivity contribution < 1.29 is 27.8 Å². The van der Waals surface area contributed by atoms with Crippen LogP contribution in [0.25, 0.3) is 0 Å². The van der Waals surface area contributed by atoms with Crippen molar-refractivity contribution in [2.24, 2.45) is 11.8 Å². The Balaban J connectivity index is 1.70. The van der Waals surface area contributed by atoms with Gasteiger partial charge in [0.15, 0.2) is 0 Å². The highest BCUT2D eigenvalue weighted by atomic mass is 19.3. The molecule has 1 atom stereocenters. The number of nitrogens with one attached hydrogen (secondary N) is 1. The van der Waals surface area contributed by atoms with E-state index in [1.165, 1.54) is 0 Å². The number of Topliss-reactive ketones (excluding diaryl/α,β-unsaturated/α-hetero) is 1. The molecular weight excluding hydrogens is 394 g/mol. The van der Waals surface area contributed by atoms with Gasteiger partial charge in [0.1, 0.15) is 11.7 Å². The Bertz CT molecular complexity index is 551. The number of piperidine rings is 1. The molecule has 1 aliphatic heterocycles. The smallest absolute Gasteiger partial charge is 0.272 e. The van der Waals surface area contributed by atoms with Crippen LogP contribution in [-0.4, -0.2) is 74.1 Å². The number of rotatable bonds is 11. The average Bonchev–Trinajstić information content (AvgIpc) is 2.71. The molecule has 0 aromatic heterocycles. The highest BCUT2D eigenvalue weighted by Crippen LogP contribution is 2.37. The van der Waals surface area contributed by atoms with E-state index in [2.05, 4.69) is 5.32 Å². The number of carbonyl (C=O) groups excluding carboxylic acids is 2. The lowest BCUT2D eigenvalue weighted by molar-refractivity contribution is -0.155. The number of ketones is 1. The summed E-state index contributed by atoms with van der Waals surface area (Å²) in [6.07, 6.45) is 3.95. The lowest BCUT2D eigenvalue weighted by atomic mass is 9.81. The summed E-state index contributed by atoms with van der Waals surface area (Å²) in [6.45, 7) is 7.22. The van der Waals surface area contributed by atoms with Gasteiger partial charge in [0.25, 0.3) is 5.92 Å². The van der Waals surface area contributed by atoms with Gasteiger partial charge in [0, 0.05) is 24.9 Å². The molecule has 0 bridgehead atoms. The number of hydrogen-bond donors (Lipinski definition) is 1. The van der Waals surface area contributed by atoms with Crippen LogP contribution in [0.3, 0.4) is 0 Å². The second-order valence-electron chi connectivity index (χ2n) is 8.72. The van der Waals surface area contributed by atoms with Gasteiger partial charge < -0.3 is 14.8 Å². The highest BCUT2D eigenvalue weighted by Gasteiger charge is 2.49. The summed E-state index contributed by atoms with van der Waals surface area (Å²) in [7, 11) is 0. The van der Waals surface area contributed by atoms with Crippen LogP contribution in [0.4, 0.5) is 8.78 Å². The number of halogens is 2. The number of ether oxygens (including phenoxy) is 2. The van der Waals surface area contributed by atoms with Crippen molar-refractivity contribution in [1.29, 1.82) is 0 Å². The monoisotopic (exact) mass is 432 g/mol. The van der Waals surface area contributed by atoms with Crippen molar-refractivity contribution >= 4 is 11.7 Å². The van der Waals surface area contributed by atoms with E-state index in [1.807, 2.05) is 25.7 Å². The van der Waals surface area contributed by atoms with Crippen LogP contribution in [0, 0.1) is 11.8 Å². The van der Waals surface area contributed by atoms with Gasteiger partial charge in [0.2, 0.25) is 5.91 Å². The third kappa shape index (κ3) is 7.54. The lowest BCUT2D eigenvalue weighted by Gasteiger charge is -2.43. The summed E-state index contributed by atoms with van der Waals surface area (Å²) in [5, 5.41) is 2.59. The Morgan fingerprint density at radius 1 is 1.10 bits per heavy atom. The molecule has 2 rings (SSSR count). The van der Waals surface area contributed by atoms with Crippen LogP contribution in [-0.2, 0) is 19.1 Å². The largest absolute Gasteiger partial charge is 0.377 e. The van der Waals surface area contributed by atoms with Crippen LogP contribution in [0.5, 0.6) is 0 Å². The molecule has 0 aromatic carbocycles. The molecule has 1 saturated heterocycles. The van der Waals surface area contributed by atoms with E-state index in [0.29, 0.717) is 26.2 Å². The molecular formula is C22H38F2N2O4. The Morgan fingerprint density at radius 3 is 2.40 bits per heavy atom. The zero-order valence-electron chi connectivity index (χ0n) is 18.6. The molecule has 2 aliphatic rings. The minimum Gasteiger partial charge on any atom is -0.377 e. The summed E-state index contributed by atoms with van der Waals surface area (Å²) in [5.74, 6) is -4.57. The molecule has 0 radical (unpaired) electrons. The third-order valence-corrected chi connectivity index (χ3v) is 6.19. The maximum absolute atomic E-state index is 14.7. The summed E-state index contributed by atoms with van der Waals surface area (Å²) >= 11 is 0. The maximum atomic E-state index is 14.7. The summed E-state index contributed by atoms with van der Waals surface area (Å²) in [6, 6.07) is 0.0854. The standard InChI is InChI=1S/C22H38F2N2O4/c1-4-20(27)17-5-7-18(8-6-17)26-11-9-19(22(23,24)15-26)21(28)25-10-12-29-13-14-30-16(2)3/h16-19H,4-15H2,1-3H3,(H,25,28). The van der Waals surface area contributed by atoms with Gasteiger partial charge >= 0.3 is 0 Å². The second-order valence-corrected chi connectivity index (χ2v) is 8.72. The van der Waals surface area contributed by atoms with Crippen LogP contribution < -0.4 is 5.32 Å². The normalized spacial score (nSPS) is 27.2. The van der Waals surface area contributed by atoms with Gasteiger partial charge in [-0.1, -0.05) is 6.92 Å². The van der Waals surface area contributed by atoms with E-state index in [0.717, 1.165) is 25.7 Å². The summed E-state index contributed by atoms with van der Waals surface area (Å²) < 4.78 is 40.1. The van der Waals surface area contributed by atoms with Gasteiger partial charge in [-0.25, -0.2) is 8.78 Å². The van der Waals surface area contributed by atoms with E-state index in [4.69, 9.17) is 9.47 Å². The van der Waals surface area contributed by atoms with E-state index in [9.17, 15) is 18.4 Å². The Hall–Kier alpha value is -1.12. The van der Waals surface area contributed by atoms with Crippen LogP contribution >= 0.6 is 0 Å². The van der Waals surface area contributed by atoms with Crippen molar-refractivity contribution in [3.8, 4) is 0 Å². The summed E-state index contributed by atoms with van der Waals surface area (Å²) in [5.41, 5.74) is 0. The van der Waals surface area contributed by atoms with Crippen molar-refractivity contribution in [3.05, 3.63) is 0 Å². The molecule has 174 valence electrons. The van der Waals surface area contributed by atoms with Crippen LogP contribution in [0.2, 0.25) is 0 Å². The first kappa shape index (κ1) is 25.1. The van der Waals surface area contributed by atoms with E-state index >= 15 is 0 Å². The zero-order valence-corrected chi connectivity index (χ0v) is 18.6. The highest BCUT2D eigenvalue weighted by molar-refractivity contribution is 5.80. The first-order valence-electron chi connectivity index (χ1n) is 11.4. The maximum Gasteiger partial charge on any atom is 0.272 e. The number of hydrogen-bond acceptors (Lipinski definition) is 5. The van der Waals surface area contributed by atoms with E-state index in [1.54, 1.807) is 0 Å². The molecule has 1 aliphatic carbocycles. The molecule has 30 heavy (non-hydrogen) atoms. The van der Waals surface area contributed by atoms with Gasteiger partial charge in [-0.15, -0.1) is 0 Å². The predicted octanol–water partition coefficient (Wildman–Crippen LogP) is 3.04. The predicted molar refractivity (Wildman–Crippen MR) is 111 cm³/mol. The second kappa shape index (κ2) is 12.1. The fraction of sp³-hybridized carbons (Fsp3) is 0.909. The molecule has 1 N–H and O–H groups in total. The SMILES string of the molecule is CCC(=O)C1CCC(N2CCC(C(=O)NCCOCCOC(C)C)C(F)(F)C2)CC1. The lowest BCUT2D eigenvalue weighted by Crippen LogP contribution is -2.56. The van der Waals surface area contributed by atoms with Gasteiger partial charge in [-0.05, 0) is 52.5 Å². The topological polar surface area (TPSA) is 67.9 Å². The van der Waals surface area contributed by atoms with E-state index < -0.39 is 17.7 Å². The number of amides is 1. The van der Waals surface area contributed by atoms with Crippen molar-refractivity contribution in [1.82, 2.24) is 10.2 Å². The van der Waals surface area contributed by atoms with Gasteiger partial charge in [0.05, 0.1) is 32.5 Å². The van der Waals surface area contributed by atoms with Crippen LogP contribution in [0.15, 0.2) is 0 Å². The quantitative estimate of drug-likeness (QED) is 0.509. The Kier molecular flexibility index (Phi) is 10.1. The average molecular weight is 433 g/mol. The first-order chi connectivity index (χ1) is 14.2. The number of alkyl halides is 2. The Morgan fingerprint density at radius 2 is 1.80 bits per heavy atom. The molecule has 1 heterocycles. The summed E-state index contributed by atoms with van der Waals surface area (Å²) in [4.78, 5) is 26.0. The van der Waals surface area contributed by atoms with Gasteiger partial charge in [-0.2, -0.15) is 0 Å².